The predicted molar refractivity (Wildman–Crippen MR) is 117 cm³/mol. The van der Waals surface area contributed by atoms with Crippen LogP contribution in [0.25, 0.3) is 20.7 Å². The van der Waals surface area contributed by atoms with Crippen LogP contribution in [0.1, 0.15) is 11.4 Å². The molecule has 0 bridgehead atoms. The zero-order chi connectivity index (χ0) is 20.4. The maximum atomic E-state index is 13.0. The molecule has 0 radical (unpaired) electrons. The first-order chi connectivity index (χ1) is 14.0. The molecule has 4 rings (SSSR count). The van der Waals surface area contributed by atoms with Gasteiger partial charge in [-0.2, -0.15) is 0 Å². The van der Waals surface area contributed by atoms with Crippen molar-refractivity contribution in [2.75, 3.05) is 0 Å². The Labute approximate surface area is 176 Å². The Balaban J connectivity index is 1.58. The fourth-order valence-corrected chi connectivity index (χ4v) is 4.36. The lowest BCUT2D eigenvalue weighted by Crippen LogP contribution is -2.33. The summed E-state index contributed by atoms with van der Waals surface area (Å²) in [7, 11) is 0. The summed E-state index contributed by atoms with van der Waals surface area (Å²) < 4.78 is 1.41. The van der Waals surface area contributed by atoms with Crippen LogP contribution < -0.4 is 10.9 Å². The van der Waals surface area contributed by atoms with E-state index in [-0.39, 0.29) is 18.0 Å². The summed E-state index contributed by atoms with van der Waals surface area (Å²) in [5.74, 6) is 0.242. The van der Waals surface area contributed by atoms with Gasteiger partial charge in [0.15, 0.2) is 0 Å². The lowest BCUT2D eigenvalue weighted by molar-refractivity contribution is -0.121. The number of aryl methyl sites for hydroxylation is 1. The van der Waals surface area contributed by atoms with Crippen LogP contribution in [0.15, 0.2) is 65.5 Å². The van der Waals surface area contributed by atoms with Crippen molar-refractivity contribution in [1.29, 1.82) is 0 Å². The third kappa shape index (κ3) is 4.09. The zero-order valence-corrected chi connectivity index (χ0v) is 17.3. The summed E-state index contributed by atoms with van der Waals surface area (Å²) in [5.41, 5.74) is 1.65. The number of carbonyl (C=O) groups is 1. The molecule has 2 aromatic heterocycles. The van der Waals surface area contributed by atoms with E-state index in [2.05, 4.69) is 10.3 Å². The Morgan fingerprint density at radius 1 is 1.14 bits per heavy atom. The molecule has 29 heavy (non-hydrogen) atoms. The minimum absolute atomic E-state index is 0.0887. The average Bonchev–Trinajstić information content (AvgIpc) is 3.15. The van der Waals surface area contributed by atoms with Gasteiger partial charge in [-0.05, 0) is 30.2 Å². The van der Waals surface area contributed by atoms with Crippen molar-refractivity contribution in [3.05, 3.63) is 87.4 Å². The number of benzene rings is 2. The maximum Gasteiger partial charge on any atom is 0.262 e. The molecule has 0 unspecified atom stereocenters. The van der Waals surface area contributed by atoms with Gasteiger partial charge >= 0.3 is 0 Å². The molecule has 5 nitrogen and oxygen atoms in total. The van der Waals surface area contributed by atoms with Crippen molar-refractivity contribution < 1.29 is 4.79 Å². The van der Waals surface area contributed by atoms with Crippen molar-refractivity contribution >= 4 is 39.1 Å². The smallest absolute Gasteiger partial charge is 0.262 e. The first-order valence-corrected chi connectivity index (χ1v) is 10.3. The largest absolute Gasteiger partial charge is 0.350 e. The minimum Gasteiger partial charge on any atom is -0.350 e. The molecule has 2 heterocycles. The second kappa shape index (κ2) is 8.19. The van der Waals surface area contributed by atoms with Crippen LogP contribution in [0, 0.1) is 6.92 Å². The van der Waals surface area contributed by atoms with Gasteiger partial charge in [0.2, 0.25) is 5.91 Å². The second-order valence-electron chi connectivity index (χ2n) is 6.61. The summed E-state index contributed by atoms with van der Waals surface area (Å²) in [5, 5.41) is 3.93. The molecule has 0 aliphatic rings. The van der Waals surface area contributed by atoms with Gasteiger partial charge < -0.3 is 5.32 Å². The van der Waals surface area contributed by atoms with E-state index in [0.717, 1.165) is 16.0 Å². The highest BCUT2D eigenvalue weighted by atomic mass is 35.5. The molecule has 146 valence electrons. The Hall–Kier alpha value is -2.96. The molecule has 1 amide bonds. The van der Waals surface area contributed by atoms with Crippen LogP contribution in [-0.4, -0.2) is 15.5 Å². The first kappa shape index (κ1) is 19.4. The molecule has 0 spiro atoms. The fraction of sp³-hybridized carbons (Fsp3) is 0.136. The number of carbonyl (C=O) groups excluding carboxylic acids is 1. The van der Waals surface area contributed by atoms with Crippen molar-refractivity contribution in [1.82, 2.24) is 14.9 Å². The topological polar surface area (TPSA) is 64.0 Å². The molecule has 0 saturated carbocycles. The van der Waals surface area contributed by atoms with Crippen molar-refractivity contribution in [2.45, 2.75) is 20.0 Å². The lowest BCUT2D eigenvalue weighted by Gasteiger charge is -2.10. The van der Waals surface area contributed by atoms with Gasteiger partial charge in [0, 0.05) is 16.4 Å². The van der Waals surface area contributed by atoms with E-state index in [0.29, 0.717) is 27.6 Å². The van der Waals surface area contributed by atoms with Gasteiger partial charge in [-0.3, -0.25) is 14.2 Å². The molecule has 1 N–H and O–H groups in total. The molecule has 0 aliphatic heterocycles. The molecule has 0 aliphatic carbocycles. The minimum atomic E-state index is -0.269. The molecule has 4 aromatic rings. The lowest BCUT2D eigenvalue weighted by atomic mass is 10.2. The van der Waals surface area contributed by atoms with Gasteiger partial charge in [0.1, 0.15) is 17.2 Å². The molecule has 0 fully saturated rings. The second-order valence-corrected chi connectivity index (χ2v) is 8.05. The molecule has 0 atom stereocenters. The normalized spacial score (nSPS) is 11.0. The van der Waals surface area contributed by atoms with E-state index in [1.807, 2.05) is 54.6 Å². The quantitative estimate of drug-likeness (QED) is 0.517. The van der Waals surface area contributed by atoms with Gasteiger partial charge in [0.25, 0.3) is 5.56 Å². The number of nitrogens with one attached hydrogen (secondary N) is 1. The monoisotopic (exact) mass is 423 g/mol. The number of halogens is 1. The molecule has 7 heteroatoms. The summed E-state index contributed by atoms with van der Waals surface area (Å²) in [6, 6.07) is 19.0. The highest BCUT2D eigenvalue weighted by molar-refractivity contribution is 7.21. The number of nitrogens with zero attached hydrogens (tertiary/aromatic N) is 2. The summed E-state index contributed by atoms with van der Waals surface area (Å²) in [4.78, 5) is 31.6. The maximum absolute atomic E-state index is 13.0. The Morgan fingerprint density at radius 2 is 1.86 bits per heavy atom. The number of aromatic nitrogens is 2. The molecular weight excluding hydrogens is 406 g/mol. The van der Waals surface area contributed by atoms with E-state index in [4.69, 9.17) is 11.6 Å². The number of fused-ring (bicyclic) bond motifs is 1. The molecule has 2 aromatic carbocycles. The van der Waals surface area contributed by atoms with E-state index in [1.54, 1.807) is 13.0 Å². The number of thiophene rings is 1. The Morgan fingerprint density at radius 3 is 2.62 bits per heavy atom. The van der Waals surface area contributed by atoms with Crippen LogP contribution in [0.2, 0.25) is 5.02 Å². The third-order valence-corrected chi connectivity index (χ3v) is 6.08. The average molecular weight is 424 g/mol. The Kier molecular flexibility index (Phi) is 5.47. The van der Waals surface area contributed by atoms with Gasteiger partial charge in [0.05, 0.1) is 5.39 Å². The van der Waals surface area contributed by atoms with E-state index in [9.17, 15) is 9.59 Å². The van der Waals surface area contributed by atoms with E-state index in [1.165, 1.54) is 15.9 Å². The number of amides is 1. The summed E-state index contributed by atoms with van der Waals surface area (Å²) in [6.07, 6.45) is 0. The third-order valence-electron chi connectivity index (χ3n) is 4.64. The fourth-order valence-electron chi connectivity index (χ4n) is 3.08. The Bertz CT molecular complexity index is 1250. The van der Waals surface area contributed by atoms with E-state index >= 15 is 0 Å². The summed E-state index contributed by atoms with van der Waals surface area (Å²) >= 11 is 7.60. The van der Waals surface area contributed by atoms with Crippen LogP contribution in [-0.2, 0) is 17.9 Å². The SMILES string of the molecule is Cc1nc2sc(-c3ccccc3)cc2c(=O)n1CC(=O)NCc1ccccc1Cl. The van der Waals surface area contributed by atoms with Gasteiger partial charge in [-0.1, -0.05) is 60.1 Å². The standard InChI is InChI=1S/C22H18ClN3O2S/c1-14-25-21-17(11-19(29-21)15-7-3-2-4-8-15)22(28)26(14)13-20(27)24-12-16-9-5-6-10-18(16)23/h2-11H,12-13H2,1H3,(H,24,27). The van der Waals surface area contributed by atoms with Crippen LogP contribution in [0.4, 0.5) is 0 Å². The van der Waals surface area contributed by atoms with Crippen LogP contribution >= 0.6 is 22.9 Å². The van der Waals surface area contributed by atoms with E-state index < -0.39 is 0 Å². The summed E-state index contributed by atoms with van der Waals surface area (Å²) in [6.45, 7) is 1.96. The van der Waals surface area contributed by atoms with Crippen molar-refractivity contribution in [3.8, 4) is 10.4 Å². The van der Waals surface area contributed by atoms with Gasteiger partial charge in [-0.15, -0.1) is 11.3 Å². The highest BCUT2D eigenvalue weighted by Gasteiger charge is 2.15. The van der Waals surface area contributed by atoms with Crippen molar-refractivity contribution in [2.24, 2.45) is 0 Å². The molecule has 0 saturated heterocycles. The van der Waals surface area contributed by atoms with Gasteiger partial charge in [-0.25, -0.2) is 4.98 Å². The van der Waals surface area contributed by atoms with Crippen molar-refractivity contribution in [3.63, 3.8) is 0 Å². The number of rotatable bonds is 5. The number of hydrogen-bond donors (Lipinski definition) is 1. The highest BCUT2D eigenvalue weighted by Crippen LogP contribution is 2.30. The zero-order valence-electron chi connectivity index (χ0n) is 15.7. The van der Waals surface area contributed by atoms with Crippen LogP contribution in [0.3, 0.4) is 0 Å². The predicted octanol–water partition coefficient (Wildman–Crippen LogP) is 4.40. The molecular formula is C22H18ClN3O2S. The van der Waals surface area contributed by atoms with Crippen LogP contribution in [0.5, 0.6) is 0 Å². The first-order valence-electron chi connectivity index (χ1n) is 9.09. The number of hydrogen-bond acceptors (Lipinski definition) is 4.